The molecule has 3 nitrogen and oxygen atoms in total. The van der Waals surface area contributed by atoms with Crippen molar-refractivity contribution in [3.8, 4) is 11.1 Å². The summed E-state index contributed by atoms with van der Waals surface area (Å²) in [6.07, 6.45) is 3.19. The molecule has 0 atom stereocenters. The second kappa shape index (κ2) is 5.23. The molecule has 1 aliphatic carbocycles. The smallest absolute Gasteiger partial charge is 0.251 e. The molecule has 1 aliphatic rings. The quantitative estimate of drug-likeness (QED) is 0.907. The van der Waals surface area contributed by atoms with E-state index in [1.54, 1.807) is 0 Å². The van der Waals surface area contributed by atoms with E-state index in [-0.39, 0.29) is 5.91 Å². The summed E-state index contributed by atoms with van der Waals surface area (Å²) < 4.78 is 2.29. The van der Waals surface area contributed by atoms with Crippen molar-refractivity contribution in [2.75, 3.05) is 0 Å². The Bertz CT molecular complexity index is 714. The van der Waals surface area contributed by atoms with Crippen LogP contribution < -0.4 is 5.73 Å². The van der Waals surface area contributed by atoms with E-state index in [1.807, 2.05) is 31.2 Å². The zero-order valence-electron chi connectivity index (χ0n) is 12.3. The molecule has 2 N–H and O–H groups in total. The highest BCUT2D eigenvalue weighted by Gasteiger charge is 2.32. The number of hydrogen-bond acceptors (Lipinski definition) is 1. The molecule has 1 aromatic carbocycles. The van der Waals surface area contributed by atoms with Crippen molar-refractivity contribution in [2.24, 2.45) is 5.73 Å². The first-order chi connectivity index (χ1) is 10.1. The van der Waals surface area contributed by atoms with Crippen LogP contribution in [0, 0.1) is 6.92 Å². The topological polar surface area (TPSA) is 48.0 Å². The van der Waals surface area contributed by atoms with Crippen LogP contribution in [0.4, 0.5) is 0 Å². The van der Waals surface area contributed by atoms with Gasteiger partial charge in [-0.3, -0.25) is 4.79 Å². The van der Waals surface area contributed by atoms with E-state index >= 15 is 0 Å². The monoisotopic (exact) mass is 302 g/mol. The van der Waals surface area contributed by atoms with E-state index in [4.69, 9.17) is 17.3 Å². The second-order valence-electron chi connectivity index (χ2n) is 5.58. The van der Waals surface area contributed by atoms with Gasteiger partial charge in [-0.05, 0) is 32.3 Å². The molecule has 4 heteroatoms. The number of halogens is 1. The van der Waals surface area contributed by atoms with Crippen LogP contribution in [0.5, 0.6) is 0 Å². The average molecular weight is 303 g/mol. The summed E-state index contributed by atoms with van der Waals surface area (Å²) in [6.45, 7) is 4.09. The summed E-state index contributed by atoms with van der Waals surface area (Å²) in [5, 5.41) is 0.655. The van der Waals surface area contributed by atoms with Gasteiger partial charge in [0.15, 0.2) is 0 Å². The molecule has 0 unspecified atom stereocenters. The summed E-state index contributed by atoms with van der Waals surface area (Å²) in [5.74, 6) is -0.378. The van der Waals surface area contributed by atoms with E-state index in [2.05, 4.69) is 11.5 Å². The molecule has 0 radical (unpaired) electrons. The molecule has 1 aromatic heterocycles. The second-order valence-corrected chi connectivity index (χ2v) is 5.99. The molecule has 1 amide bonds. The predicted molar refractivity (Wildman–Crippen MR) is 85.8 cm³/mol. The Hall–Kier alpha value is -1.74. The van der Waals surface area contributed by atoms with Gasteiger partial charge in [0, 0.05) is 33.6 Å². The third kappa shape index (κ3) is 2.26. The Morgan fingerprint density at radius 3 is 2.57 bits per heavy atom. The Labute approximate surface area is 129 Å². The van der Waals surface area contributed by atoms with Crippen molar-refractivity contribution in [1.82, 2.24) is 4.57 Å². The molecule has 21 heavy (non-hydrogen) atoms. The maximum atomic E-state index is 12.0. The predicted octanol–water partition coefficient (Wildman–Crippen LogP) is 4.11. The minimum Gasteiger partial charge on any atom is -0.366 e. The summed E-state index contributed by atoms with van der Waals surface area (Å²) in [4.78, 5) is 12.0. The minimum absolute atomic E-state index is 0.378. The van der Waals surface area contributed by atoms with E-state index in [9.17, 15) is 4.79 Å². The standard InChI is InChI=1S/C17H19ClN2O/c1-3-14-16(12-6-4-5-7-13(12)18)15(17(19)21)10(2)20(14)11-8-9-11/h4-7,11H,3,8-9H2,1-2H3,(H2,19,21). The number of primary amides is 1. The molecule has 0 aliphatic heterocycles. The van der Waals surface area contributed by atoms with Gasteiger partial charge in [0.25, 0.3) is 5.91 Å². The zero-order valence-corrected chi connectivity index (χ0v) is 13.1. The molecule has 0 saturated heterocycles. The Morgan fingerprint density at radius 2 is 2.05 bits per heavy atom. The summed E-state index contributed by atoms with van der Waals surface area (Å²) in [5.41, 5.74) is 10.2. The van der Waals surface area contributed by atoms with Crippen LogP contribution >= 0.6 is 11.6 Å². The lowest BCUT2D eigenvalue weighted by Crippen LogP contribution is -2.13. The molecule has 1 heterocycles. The summed E-state index contributed by atoms with van der Waals surface area (Å²) >= 11 is 6.36. The summed E-state index contributed by atoms with van der Waals surface area (Å²) in [6, 6.07) is 8.15. The van der Waals surface area contributed by atoms with Gasteiger partial charge in [-0.1, -0.05) is 36.7 Å². The third-order valence-corrected chi connectivity index (χ3v) is 4.52. The lowest BCUT2D eigenvalue weighted by atomic mass is 9.99. The number of rotatable bonds is 4. The van der Waals surface area contributed by atoms with Gasteiger partial charge in [0.1, 0.15) is 0 Å². The van der Waals surface area contributed by atoms with Crippen LogP contribution in [0.2, 0.25) is 5.02 Å². The van der Waals surface area contributed by atoms with E-state index < -0.39 is 0 Å². The van der Waals surface area contributed by atoms with Crippen molar-refractivity contribution in [3.63, 3.8) is 0 Å². The fourth-order valence-corrected chi connectivity index (χ4v) is 3.43. The number of nitrogens with zero attached hydrogens (tertiary/aromatic N) is 1. The molecule has 2 aromatic rings. The SMILES string of the molecule is CCc1c(-c2ccccc2Cl)c(C(N)=O)c(C)n1C1CC1. The largest absolute Gasteiger partial charge is 0.366 e. The molecular formula is C17H19ClN2O. The van der Waals surface area contributed by atoms with Crippen molar-refractivity contribution >= 4 is 17.5 Å². The normalized spacial score (nSPS) is 14.4. The Morgan fingerprint density at radius 1 is 1.38 bits per heavy atom. The highest BCUT2D eigenvalue weighted by Crippen LogP contribution is 2.44. The third-order valence-electron chi connectivity index (χ3n) is 4.19. The van der Waals surface area contributed by atoms with Gasteiger partial charge in [-0.2, -0.15) is 0 Å². The van der Waals surface area contributed by atoms with Gasteiger partial charge < -0.3 is 10.3 Å². The van der Waals surface area contributed by atoms with Crippen molar-refractivity contribution in [1.29, 1.82) is 0 Å². The number of aromatic nitrogens is 1. The first-order valence-electron chi connectivity index (χ1n) is 7.34. The Balaban J connectivity index is 2.35. The van der Waals surface area contributed by atoms with Gasteiger partial charge in [-0.15, -0.1) is 0 Å². The number of carbonyl (C=O) groups is 1. The van der Waals surface area contributed by atoms with Crippen LogP contribution in [0.3, 0.4) is 0 Å². The van der Waals surface area contributed by atoms with Gasteiger partial charge in [0.05, 0.1) is 5.56 Å². The van der Waals surface area contributed by atoms with Crippen LogP contribution in [0.1, 0.15) is 47.6 Å². The van der Waals surface area contributed by atoms with Crippen LogP contribution in [0.25, 0.3) is 11.1 Å². The zero-order chi connectivity index (χ0) is 15.1. The van der Waals surface area contributed by atoms with Gasteiger partial charge >= 0.3 is 0 Å². The maximum absolute atomic E-state index is 12.0. The van der Waals surface area contributed by atoms with Crippen molar-refractivity contribution < 1.29 is 4.79 Å². The van der Waals surface area contributed by atoms with Crippen LogP contribution in [0.15, 0.2) is 24.3 Å². The molecule has 0 bridgehead atoms. The fourth-order valence-electron chi connectivity index (χ4n) is 3.20. The highest BCUT2D eigenvalue weighted by atomic mass is 35.5. The summed E-state index contributed by atoms with van der Waals surface area (Å²) in [7, 11) is 0. The molecule has 1 saturated carbocycles. The van der Waals surface area contributed by atoms with Gasteiger partial charge in [-0.25, -0.2) is 0 Å². The Kier molecular flexibility index (Phi) is 3.54. The van der Waals surface area contributed by atoms with E-state index in [0.717, 1.165) is 28.9 Å². The highest BCUT2D eigenvalue weighted by molar-refractivity contribution is 6.33. The van der Waals surface area contributed by atoms with E-state index in [0.29, 0.717) is 16.6 Å². The first kappa shape index (κ1) is 14.2. The maximum Gasteiger partial charge on any atom is 0.251 e. The van der Waals surface area contributed by atoms with Crippen LogP contribution in [-0.2, 0) is 6.42 Å². The number of hydrogen-bond donors (Lipinski definition) is 1. The molecule has 110 valence electrons. The minimum atomic E-state index is -0.378. The number of benzene rings is 1. The fraction of sp³-hybridized carbons (Fsp3) is 0.353. The average Bonchev–Trinajstić information content (AvgIpc) is 3.23. The molecule has 0 spiro atoms. The number of nitrogens with two attached hydrogens (primary N) is 1. The van der Waals surface area contributed by atoms with Crippen molar-refractivity contribution in [3.05, 3.63) is 46.2 Å². The van der Waals surface area contributed by atoms with Gasteiger partial charge in [0.2, 0.25) is 0 Å². The molecular weight excluding hydrogens is 284 g/mol. The lowest BCUT2D eigenvalue weighted by Gasteiger charge is -2.11. The van der Waals surface area contributed by atoms with Crippen molar-refractivity contribution in [2.45, 2.75) is 39.2 Å². The number of carbonyl (C=O) groups excluding carboxylic acids is 1. The van der Waals surface area contributed by atoms with Crippen LogP contribution in [-0.4, -0.2) is 10.5 Å². The first-order valence-corrected chi connectivity index (χ1v) is 7.72. The lowest BCUT2D eigenvalue weighted by molar-refractivity contribution is 0.1000. The van der Waals surface area contributed by atoms with E-state index in [1.165, 1.54) is 12.8 Å². The number of amides is 1. The molecule has 1 fully saturated rings. The molecule has 3 rings (SSSR count).